The van der Waals surface area contributed by atoms with E-state index < -0.39 is 0 Å². The van der Waals surface area contributed by atoms with Gasteiger partial charge in [-0.25, -0.2) is 0 Å². The zero-order valence-corrected chi connectivity index (χ0v) is 8.84. The van der Waals surface area contributed by atoms with E-state index in [-0.39, 0.29) is 5.91 Å². The van der Waals surface area contributed by atoms with Crippen molar-refractivity contribution >= 4 is 5.91 Å². The molecule has 1 rings (SSSR count). The van der Waals surface area contributed by atoms with Gasteiger partial charge in [-0.1, -0.05) is 0 Å². The van der Waals surface area contributed by atoms with Crippen molar-refractivity contribution in [1.29, 1.82) is 0 Å². The molecule has 0 radical (unpaired) electrons. The van der Waals surface area contributed by atoms with Crippen LogP contribution in [-0.4, -0.2) is 37.5 Å². The number of rotatable bonds is 3. The first kappa shape index (κ1) is 10.5. The Morgan fingerprint density at radius 2 is 2.23 bits per heavy atom. The standard InChI is InChI=1S/C10H20N2O/c1-8(13)12(3)7-9-4-5-10(6-9)11-2/h9-11H,4-7H2,1-3H3. The third-order valence-corrected chi connectivity index (χ3v) is 3.02. The maximum absolute atomic E-state index is 11.0. The first-order valence-electron chi connectivity index (χ1n) is 5.02. The fraction of sp³-hybridized carbons (Fsp3) is 0.900. The summed E-state index contributed by atoms with van der Waals surface area (Å²) in [5, 5.41) is 3.29. The van der Waals surface area contributed by atoms with Crippen molar-refractivity contribution in [3.63, 3.8) is 0 Å². The number of amides is 1. The molecule has 1 N–H and O–H groups in total. The summed E-state index contributed by atoms with van der Waals surface area (Å²) in [7, 11) is 3.90. The molecular formula is C10H20N2O. The lowest BCUT2D eigenvalue weighted by Crippen LogP contribution is -2.30. The molecule has 1 aliphatic carbocycles. The van der Waals surface area contributed by atoms with Crippen LogP contribution in [0.2, 0.25) is 0 Å². The zero-order valence-electron chi connectivity index (χ0n) is 8.84. The maximum Gasteiger partial charge on any atom is 0.219 e. The van der Waals surface area contributed by atoms with Gasteiger partial charge in [-0.15, -0.1) is 0 Å². The summed E-state index contributed by atoms with van der Waals surface area (Å²) in [5.41, 5.74) is 0. The molecule has 1 amide bonds. The van der Waals surface area contributed by atoms with Crippen LogP contribution in [-0.2, 0) is 4.79 Å². The van der Waals surface area contributed by atoms with Crippen LogP contribution in [0.25, 0.3) is 0 Å². The molecule has 1 saturated carbocycles. The lowest BCUT2D eigenvalue weighted by molar-refractivity contribution is -0.128. The van der Waals surface area contributed by atoms with Crippen molar-refractivity contribution in [1.82, 2.24) is 10.2 Å². The Balaban J connectivity index is 2.27. The van der Waals surface area contributed by atoms with E-state index in [9.17, 15) is 4.79 Å². The van der Waals surface area contributed by atoms with Crippen LogP contribution in [0, 0.1) is 5.92 Å². The predicted octanol–water partition coefficient (Wildman–Crippen LogP) is 0.853. The zero-order chi connectivity index (χ0) is 9.84. The van der Waals surface area contributed by atoms with E-state index in [1.54, 1.807) is 6.92 Å². The number of carbonyl (C=O) groups is 1. The Hall–Kier alpha value is -0.570. The quantitative estimate of drug-likeness (QED) is 0.705. The SMILES string of the molecule is CNC1CCC(CN(C)C(C)=O)C1. The van der Waals surface area contributed by atoms with Crippen LogP contribution in [0.4, 0.5) is 0 Å². The van der Waals surface area contributed by atoms with Gasteiger partial charge in [0.15, 0.2) is 0 Å². The average molecular weight is 184 g/mol. The average Bonchev–Trinajstić information content (AvgIpc) is 2.52. The molecule has 2 unspecified atom stereocenters. The van der Waals surface area contributed by atoms with Gasteiger partial charge in [0, 0.05) is 26.6 Å². The third kappa shape index (κ3) is 2.99. The second-order valence-corrected chi connectivity index (χ2v) is 4.06. The number of nitrogens with one attached hydrogen (secondary N) is 1. The topological polar surface area (TPSA) is 32.3 Å². The van der Waals surface area contributed by atoms with Gasteiger partial charge >= 0.3 is 0 Å². The molecular weight excluding hydrogens is 164 g/mol. The Morgan fingerprint density at radius 1 is 1.54 bits per heavy atom. The highest BCUT2D eigenvalue weighted by molar-refractivity contribution is 5.72. The van der Waals surface area contributed by atoms with Gasteiger partial charge in [-0.2, -0.15) is 0 Å². The second kappa shape index (κ2) is 4.61. The van der Waals surface area contributed by atoms with E-state index in [4.69, 9.17) is 0 Å². The Kier molecular flexibility index (Phi) is 3.72. The van der Waals surface area contributed by atoms with E-state index in [1.807, 2.05) is 19.0 Å². The molecule has 0 aromatic heterocycles. The van der Waals surface area contributed by atoms with Crippen LogP contribution < -0.4 is 5.32 Å². The fourth-order valence-electron chi connectivity index (χ4n) is 2.02. The van der Waals surface area contributed by atoms with Crippen molar-refractivity contribution < 1.29 is 4.79 Å². The highest BCUT2D eigenvalue weighted by atomic mass is 16.2. The van der Waals surface area contributed by atoms with Crippen LogP contribution in [0.15, 0.2) is 0 Å². The van der Waals surface area contributed by atoms with Gasteiger partial charge in [-0.3, -0.25) is 4.79 Å². The van der Waals surface area contributed by atoms with Crippen LogP contribution in [0.1, 0.15) is 26.2 Å². The largest absolute Gasteiger partial charge is 0.346 e. The molecule has 0 aliphatic heterocycles. The van der Waals surface area contributed by atoms with E-state index in [1.165, 1.54) is 19.3 Å². The molecule has 0 saturated heterocycles. The smallest absolute Gasteiger partial charge is 0.219 e. The number of hydrogen-bond donors (Lipinski definition) is 1. The van der Waals surface area contributed by atoms with E-state index >= 15 is 0 Å². The summed E-state index contributed by atoms with van der Waals surface area (Å²) in [6.45, 7) is 2.55. The lowest BCUT2D eigenvalue weighted by atomic mass is 10.1. The minimum atomic E-state index is 0.174. The minimum absolute atomic E-state index is 0.174. The minimum Gasteiger partial charge on any atom is -0.346 e. The summed E-state index contributed by atoms with van der Waals surface area (Å²) in [5.74, 6) is 0.874. The number of carbonyl (C=O) groups excluding carboxylic acids is 1. The summed E-state index contributed by atoms with van der Waals surface area (Å²) in [4.78, 5) is 12.8. The normalized spacial score (nSPS) is 27.6. The van der Waals surface area contributed by atoms with Gasteiger partial charge < -0.3 is 10.2 Å². The van der Waals surface area contributed by atoms with Crippen molar-refractivity contribution in [3.05, 3.63) is 0 Å². The van der Waals surface area contributed by atoms with Gasteiger partial charge in [0.1, 0.15) is 0 Å². The van der Waals surface area contributed by atoms with Gasteiger partial charge in [0.2, 0.25) is 5.91 Å². The molecule has 3 nitrogen and oxygen atoms in total. The highest BCUT2D eigenvalue weighted by Gasteiger charge is 2.24. The molecule has 13 heavy (non-hydrogen) atoms. The van der Waals surface area contributed by atoms with E-state index in [2.05, 4.69) is 5.32 Å². The molecule has 3 heteroatoms. The van der Waals surface area contributed by atoms with Crippen molar-refractivity contribution in [2.24, 2.45) is 5.92 Å². The Bertz CT molecular complexity index is 182. The molecule has 0 heterocycles. The third-order valence-electron chi connectivity index (χ3n) is 3.02. The molecule has 0 aromatic carbocycles. The summed E-state index contributed by atoms with van der Waals surface area (Å²) < 4.78 is 0. The molecule has 1 aliphatic rings. The molecule has 0 bridgehead atoms. The first-order chi connectivity index (χ1) is 6.13. The summed E-state index contributed by atoms with van der Waals surface area (Å²) >= 11 is 0. The summed E-state index contributed by atoms with van der Waals surface area (Å²) in [6, 6.07) is 0.672. The second-order valence-electron chi connectivity index (χ2n) is 4.06. The number of hydrogen-bond acceptors (Lipinski definition) is 2. The molecule has 0 spiro atoms. The van der Waals surface area contributed by atoms with E-state index in [0.29, 0.717) is 12.0 Å². The molecule has 1 fully saturated rings. The van der Waals surface area contributed by atoms with Gasteiger partial charge in [-0.05, 0) is 32.2 Å². The van der Waals surface area contributed by atoms with Crippen molar-refractivity contribution in [3.8, 4) is 0 Å². The molecule has 0 aromatic rings. The monoisotopic (exact) mass is 184 g/mol. The van der Waals surface area contributed by atoms with Gasteiger partial charge in [0.05, 0.1) is 0 Å². The predicted molar refractivity (Wildman–Crippen MR) is 53.5 cm³/mol. The first-order valence-corrected chi connectivity index (χ1v) is 5.02. The van der Waals surface area contributed by atoms with Gasteiger partial charge in [0.25, 0.3) is 0 Å². The van der Waals surface area contributed by atoms with Crippen molar-refractivity contribution in [2.45, 2.75) is 32.2 Å². The van der Waals surface area contributed by atoms with Crippen molar-refractivity contribution in [2.75, 3.05) is 20.6 Å². The fourth-order valence-corrected chi connectivity index (χ4v) is 2.02. The lowest BCUT2D eigenvalue weighted by Gasteiger charge is -2.19. The Morgan fingerprint density at radius 3 is 2.69 bits per heavy atom. The molecule has 2 atom stereocenters. The van der Waals surface area contributed by atoms with Crippen LogP contribution in [0.5, 0.6) is 0 Å². The van der Waals surface area contributed by atoms with E-state index in [0.717, 1.165) is 6.54 Å². The maximum atomic E-state index is 11.0. The molecule has 76 valence electrons. The van der Waals surface area contributed by atoms with Crippen LogP contribution in [0.3, 0.4) is 0 Å². The van der Waals surface area contributed by atoms with Crippen LogP contribution >= 0.6 is 0 Å². The summed E-state index contributed by atoms with van der Waals surface area (Å²) in [6.07, 6.45) is 3.73. The Labute approximate surface area is 80.5 Å². The highest BCUT2D eigenvalue weighted by Crippen LogP contribution is 2.25. The number of nitrogens with zero attached hydrogens (tertiary/aromatic N) is 1.